The average molecular weight is 598 g/mol. The Labute approximate surface area is 242 Å². The van der Waals surface area contributed by atoms with Crippen molar-refractivity contribution in [1.82, 2.24) is 10.2 Å². The normalized spacial score (nSPS) is 11.7. The van der Waals surface area contributed by atoms with E-state index in [0.717, 1.165) is 23.1 Å². The molecule has 0 aliphatic rings. The molecule has 0 fully saturated rings. The highest BCUT2D eigenvalue weighted by Gasteiger charge is 2.30. The third-order valence-electron chi connectivity index (χ3n) is 5.64. The number of rotatable bonds is 12. The lowest BCUT2D eigenvalue weighted by Gasteiger charge is -2.31. The zero-order valence-electron chi connectivity index (χ0n) is 20.4. The Morgan fingerprint density at radius 1 is 0.838 bits per heavy atom. The van der Waals surface area contributed by atoms with E-state index in [4.69, 9.17) is 46.4 Å². The van der Waals surface area contributed by atoms with E-state index >= 15 is 0 Å². The van der Waals surface area contributed by atoms with Crippen molar-refractivity contribution in [3.8, 4) is 0 Å². The largest absolute Gasteiger partial charge is 0.354 e. The number of nitrogens with zero attached hydrogens (tertiary/aromatic N) is 1. The van der Waals surface area contributed by atoms with Crippen LogP contribution in [0.4, 0.5) is 0 Å². The first-order valence-electron chi connectivity index (χ1n) is 11.8. The van der Waals surface area contributed by atoms with E-state index < -0.39 is 6.04 Å². The molecule has 0 unspecified atom stereocenters. The first-order chi connectivity index (χ1) is 17.8. The van der Waals surface area contributed by atoms with Gasteiger partial charge in [-0.2, -0.15) is 0 Å². The zero-order valence-corrected chi connectivity index (χ0v) is 24.2. The highest BCUT2D eigenvalue weighted by atomic mass is 35.5. The number of hydrogen-bond donors (Lipinski definition) is 1. The molecular weight excluding hydrogens is 570 g/mol. The van der Waals surface area contributed by atoms with Gasteiger partial charge in [0.05, 0.1) is 25.8 Å². The Morgan fingerprint density at radius 2 is 1.46 bits per heavy atom. The van der Waals surface area contributed by atoms with Gasteiger partial charge in [0, 0.05) is 25.3 Å². The molecule has 0 aromatic heterocycles. The van der Waals surface area contributed by atoms with Crippen molar-refractivity contribution < 1.29 is 9.59 Å². The van der Waals surface area contributed by atoms with Crippen LogP contribution in [0.5, 0.6) is 0 Å². The number of nitrogens with one attached hydrogen (secondary N) is 1. The first-order valence-corrected chi connectivity index (χ1v) is 14.5. The van der Waals surface area contributed by atoms with E-state index in [2.05, 4.69) is 5.32 Å². The van der Waals surface area contributed by atoms with Crippen molar-refractivity contribution in [2.24, 2.45) is 0 Å². The number of carbonyl (C=O) groups is 2. The smallest absolute Gasteiger partial charge is 0.243 e. The van der Waals surface area contributed by atoms with Crippen LogP contribution in [0.3, 0.4) is 0 Å². The maximum Gasteiger partial charge on any atom is 0.243 e. The molecule has 0 radical (unpaired) electrons. The second-order valence-corrected chi connectivity index (χ2v) is 11.1. The zero-order chi connectivity index (χ0) is 26.8. The lowest BCUT2D eigenvalue weighted by molar-refractivity contribution is -0.139. The van der Waals surface area contributed by atoms with Crippen molar-refractivity contribution in [2.75, 3.05) is 12.3 Å². The summed E-state index contributed by atoms with van der Waals surface area (Å²) in [6.07, 6.45) is 1.19. The molecule has 2 amide bonds. The summed E-state index contributed by atoms with van der Waals surface area (Å²) in [7, 11) is 0. The minimum Gasteiger partial charge on any atom is -0.354 e. The highest BCUT2D eigenvalue weighted by molar-refractivity contribution is 7.99. The van der Waals surface area contributed by atoms with Gasteiger partial charge < -0.3 is 10.2 Å². The summed E-state index contributed by atoms with van der Waals surface area (Å²) in [6, 6.07) is 19.7. The second-order valence-electron chi connectivity index (χ2n) is 8.51. The van der Waals surface area contributed by atoms with Crippen LogP contribution in [0.2, 0.25) is 20.1 Å². The minimum absolute atomic E-state index is 0.149. The summed E-state index contributed by atoms with van der Waals surface area (Å²) < 4.78 is 0. The first kappa shape index (κ1) is 29.7. The number of thioether (sulfide) groups is 1. The van der Waals surface area contributed by atoms with Gasteiger partial charge in [0.15, 0.2) is 0 Å². The van der Waals surface area contributed by atoms with Crippen molar-refractivity contribution in [1.29, 1.82) is 0 Å². The molecule has 196 valence electrons. The van der Waals surface area contributed by atoms with E-state index in [1.165, 1.54) is 11.8 Å². The van der Waals surface area contributed by atoms with Crippen molar-refractivity contribution in [2.45, 2.75) is 38.1 Å². The van der Waals surface area contributed by atoms with Crippen LogP contribution in [-0.4, -0.2) is 35.1 Å². The van der Waals surface area contributed by atoms with Crippen LogP contribution < -0.4 is 5.32 Å². The third-order valence-corrected chi connectivity index (χ3v) is 8.10. The van der Waals surface area contributed by atoms with E-state index in [1.54, 1.807) is 29.2 Å². The van der Waals surface area contributed by atoms with E-state index in [-0.39, 0.29) is 24.1 Å². The summed E-state index contributed by atoms with van der Waals surface area (Å²) in [6.45, 7) is 2.75. The Morgan fingerprint density at radius 3 is 2.08 bits per heavy atom. The van der Waals surface area contributed by atoms with Gasteiger partial charge in [-0.25, -0.2) is 0 Å². The van der Waals surface area contributed by atoms with Gasteiger partial charge in [0.25, 0.3) is 0 Å². The molecule has 3 rings (SSSR count). The fraction of sp³-hybridized carbons (Fsp3) is 0.286. The minimum atomic E-state index is -0.693. The lowest BCUT2D eigenvalue weighted by atomic mass is 10.0. The van der Waals surface area contributed by atoms with Gasteiger partial charge in [-0.1, -0.05) is 95.8 Å². The van der Waals surface area contributed by atoms with E-state index in [0.29, 0.717) is 38.8 Å². The highest BCUT2D eigenvalue weighted by Crippen LogP contribution is 2.26. The van der Waals surface area contributed by atoms with Gasteiger partial charge in [-0.05, 0) is 47.4 Å². The molecule has 37 heavy (non-hydrogen) atoms. The van der Waals surface area contributed by atoms with Crippen LogP contribution in [0.1, 0.15) is 30.0 Å². The van der Waals surface area contributed by atoms with Gasteiger partial charge in [-0.3, -0.25) is 9.59 Å². The van der Waals surface area contributed by atoms with Crippen LogP contribution in [-0.2, 0) is 28.3 Å². The Hall–Kier alpha value is -1.89. The van der Waals surface area contributed by atoms with Gasteiger partial charge in [0.2, 0.25) is 11.8 Å². The molecule has 0 saturated heterocycles. The molecule has 0 aliphatic heterocycles. The maximum atomic E-state index is 13.6. The molecule has 0 bridgehead atoms. The fourth-order valence-electron chi connectivity index (χ4n) is 3.72. The Bertz CT molecular complexity index is 1210. The van der Waals surface area contributed by atoms with Crippen molar-refractivity contribution in [3.05, 3.63) is 104 Å². The SMILES string of the molecule is CCCNC(=O)[C@@H](Cc1ccccc1)N(Cc1ccc(Cl)c(Cl)c1)C(=O)CSCc1ccc(Cl)c(Cl)c1. The van der Waals surface area contributed by atoms with Crippen LogP contribution in [0.15, 0.2) is 66.7 Å². The summed E-state index contributed by atoms with van der Waals surface area (Å²) >= 11 is 26.0. The molecule has 3 aromatic rings. The average Bonchev–Trinajstić information content (AvgIpc) is 2.89. The predicted molar refractivity (Wildman–Crippen MR) is 157 cm³/mol. The molecule has 1 N–H and O–H groups in total. The molecule has 4 nitrogen and oxygen atoms in total. The van der Waals surface area contributed by atoms with Crippen molar-refractivity contribution in [3.63, 3.8) is 0 Å². The van der Waals surface area contributed by atoms with Crippen LogP contribution in [0, 0.1) is 0 Å². The number of amides is 2. The number of carbonyl (C=O) groups excluding carboxylic acids is 2. The quantitative estimate of drug-likeness (QED) is 0.233. The predicted octanol–water partition coefficient (Wildman–Crippen LogP) is 7.70. The molecule has 0 aliphatic carbocycles. The summed E-state index contributed by atoms with van der Waals surface area (Å²) in [5.41, 5.74) is 2.72. The molecule has 0 saturated carbocycles. The summed E-state index contributed by atoms with van der Waals surface area (Å²) in [4.78, 5) is 28.6. The van der Waals surface area contributed by atoms with Gasteiger partial charge >= 0.3 is 0 Å². The standard InChI is InChI=1S/C28H28Cl4N2O2S/c1-2-12-33-28(36)26(15-19-6-4-3-5-7-19)34(16-20-8-10-22(29)24(31)13-20)27(35)18-37-17-21-9-11-23(30)25(32)14-21/h3-11,13-14,26H,2,12,15-18H2,1H3,(H,33,36)/t26-/m1/s1. The Balaban J connectivity index is 1.85. The molecule has 0 heterocycles. The lowest BCUT2D eigenvalue weighted by Crippen LogP contribution is -2.51. The van der Waals surface area contributed by atoms with E-state index in [9.17, 15) is 9.59 Å². The van der Waals surface area contributed by atoms with Gasteiger partial charge in [0.1, 0.15) is 6.04 Å². The molecule has 3 aromatic carbocycles. The van der Waals surface area contributed by atoms with Crippen LogP contribution in [0.25, 0.3) is 0 Å². The van der Waals surface area contributed by atoms with Crippen molar-refractivity contribution >= 4 is 70.0 Å². The van der Waals surface area contributed by atoms with Crippen LogP contribution >= 0.6 is 58.2 Å². The number of halogens is 4. The fourth-order valence-corrected chi connectivity index (χ4v) is 5.22. The molecule has 0 spiro atoms. The van der Waals surface area contributed by atoms with Gasteiger partial charge in [-0.15, -0.1) is 11.8 Å². The number of benzene rings is 3. The summed E-state index contributed by atoms with van der Waals surface area (Å²) in [5, 5.41) is 4.77. The second kappa shape index (κ2) is 14.9. The summed E-state index contributed by atoms with van der Waals surface area (Å²) in [5.74, 6) is 0.431. The molecule has 9 heteroatoms. The topological polar surface area (TPSA) is 49.4 Å². The Kier molecular flexibility index (Phi) is 11.9. The number of hydrogen-bond acceptors (Lipinski definition) is 3. The maximum absolute atomic E-state index is 13.6. The third kappa shape index (κ3) is 9.12. The monoisotopic (exact) mass is 596 g/mol. The molecule has 1 atom stereocenters. The van der Waals surface area contributed by atoms with E-state index in [1.807, 2.05) is 49.4 Å². The molecular formula is C28H28Cl4N2O2S.